The molecule has 3 aromatic rings. The molecular weight excluding hydrogens is 460 g/mol. The lowest BCUT2D eigenvalue weighted by Crippen LogP contribution is -2.78. The van der Waals surface area contributed by atoms with Crippen molar-refractivity contribution in [1.82, 2.24) is 0 Å². The summed E-state index contributed by atoms with van der Waals surface area (Å²) >= 11 is 3.48. The Kier molecular flexibility index (Phi) is 6.68. The van der Waals surface area contributed by atoms with Gasteiger partial charge in [-0.25, -0.2) is 4.99 Å². The quantitative estimate of drug-likeness (QED) is 0.303. The number of anilines is 1. The number of Topliss-reactive ketones (excluding diaryl/α,β-unsaturated/α-hetero) is 1. The van der Waals surface area contributed by atoms with Crippen molar-refractivity contribution in [2.75, 3.05) is 24.5 Å². The predicted octanol–water partition coefficient (Wildman–Crippen LogP) is 3.14. The van der Waals surface area contributed by atoms with Crippen molar-refractivity contribution in [3.05, 3.63) is 70.2 Å². The second-order valence-electron chi connectivity index (χ2n) is 8.35. The number of aromatic nitrogens is 1. The Morgan fingerprint density at radius 2 is 1.94 bits per heavy atom. The molecule has 5 nitrogen and oxygen atoms in total. The highest BCUT2D eigenvalue weighted by Crippen LogP contribution is 2.46. The highest BCUT2D eigenvalue weighted by Gasteiger charge is 2.47. The molecule has 1 aliphatic heterocycles. The second-order valence-corrected chi connectivity index (χ2v) is 10.5. The fourth-order valence-electron chi connectivity index (χ4n) is 4.61. The number of benzene rings is 2. The van der Waals surface area contributed by atoms with Crippen molar-refractivity contribution in [1.29, 1.82) is 0 Å². The third-order valence-corrected chi connectivity index (χ3v) is 8.57. The number of para-hydroxylation sites is 2. The number of hydrogen-bond acceptors (Lipinski definition) is 5. The molecule has 174 valence electrons. The molecule has 2 heterocycles. The Hall–Kier alpha value is -2.74. The summed E-state index contributed by atoms with van der Waals surface area (Å²) < 4.78 is 3.52. The van der Waals surface area contributed by atoms with Crippen LogP contribution < -0.4 is 20.2 Å². The number of carbonyl (C=O) groups is 1. The minimum Gasteiger partial charge on any atom is -0.336 e. The number of rotatable bonds is 7. The Bertz CT molecular complexity index is 1340. The molecule has 3 N–H and O–H groups in total. The Balaban J connectivity index is 1.51. The number of allylic oxidation sites excluding steroid dienone is 2. The summed E-state index contributed by atoms with van der Waals surface area (Å²) in [5.41, 5.74) is 9.97. The average molecular weight is 491 g/mol. The summed E-state index contributed by atoms with van der Waals surface area (Å²) in [5, 5.41) is 2.24. The van der Waals surface area contributed by atoms with Crippen molar-refractivity contribution in [2.45, 2.75) is 31.7 Å². The van der Waals surface area contributed by atoms with Gasteiger partial charge in [0.2, 0.25) is 11.2 Å². The SMILES string of the molecule is CCN1/C(=C/C2C(=O)/C(=C/c3sc4ccccc4[n+]3CC)C2=[NH+]CCCN)Sc2ccccc21. The summed E-state index contributed by atoms with van der Waals surface area (Å²) in [4.78, 5) is 20.5. The van der Waals surface area contributed by atoms with Crippen LogP contribution in [0.1, 0.15) is 25.3 Å². The van der Waals surface area contributed by atoms with Crippen LogP contribution in [0.25, 0.3) is 16.3 Å². The first-order valence-electron chi connectivity index (χ1n) is 11.9. The van der Waals surface area contributed by atoms with Gasteiger partial charge in [0.05, 0.1) is 16.3 Å². The zero-order valence-electron chi connectivity index (χ0n) is 19.6. The number of nitrogens with one attached hydrogen (secondary N) is 1. The molecule has 34 heavy (non-hydrogen) atoms. The molecule has 2 aromatic carbocycles. The van der Waals surface area contributed by atoms with Gasteiger partial charge in [-0.2, -0.15) is 4.57 Å². The average Bonchev–Trinajstić information content (AvgIpc) is 3.41. The molecule has 1 fully saturated rings. The van der Waals surface area contributed by atoms with Gasteiger partial charge in [0.25, 0.3) is 5.01 Å². The molecule has 2 aliphatic rings. The number of fused-ring (bicyclic) bond motifs is 2. The number of ketones is 1. The van der Waals surface area contributed by atoms with Crippen LogP contribution in [0.2, 0.25) is 0 Å². The van der Waals surface area contributed by atoms with Crippen molar-refractivity contribution < 1.29 is 14.4 Å². The van der Waals surface area contributed by atoms with Crippen LogP contribution >= 0.6 is 23.1 Å². The maximum Gasteiger partial charge on any atom is 0.263 e. The van der Waals surface area contributed by atoms with Crippen LogP contribution in [-0.4, -0.2) is 31.1 Å². The van der Waals surface area contributed by atoms with Crippen LogP contribution in [-0.2, 0) is 11.3 Å². The van der Waals surface area contributed by atoms with Gasteiger partial charge in [0.15, 0.2) is 5.78 Å². The van der Waals surface area contributed by atoms with Crippen molar-refractivity contribution in [3.8, 4) is 0 Å². The summed E-state index contributed by atoms with van der Waals surface area (Å²) in [6, 6.07) is 16.8. The van der Waals surface area contributed by atoms with Crippen LogP contribution in [0.3, 0.4) is 0 Å². The van der Waals surface area contributed by atoms with E-state index in [2.05, 4.69) is 89.0 Å². The van der Waals surface area contributed by atoms with Gasteiger partial charge in [-0.1, -0.05) is 47.4 Å². The number of thiazole rings is 1. The maximum absolute atomic E-state index is 13.4. The van der Waals surface area contributed by atoms with Gasteiger partial charge >= 0.3 is 0 Å². The molecule has 1 unspecified atom stereocenters. The molecule has 0 amide bonds. The van der Waals surface area contributed by atoms with E-state index < -0.39 is 0 Å². The lowest BCUT2D eigenvalue weighted by Gasteiger charge is -2.25. The van der Waals surface area contributed by atoms with Crippen molar-refractivity contribution in [3.63, 3.8) is 0 Å². The number of carbonyl (C=O) groups excluding carboxylic acids is 1. The van der Waals surface area contributed by atoms with E-state index in [9.17, 15) is 4.79 Å². The normalized spacial score (nSPS) is 21.1. The second kappa shape index (κ2) is 9.86. The third-order valence-electron chi connectivity index (χ3n) is 6.33. The first-order valence-corrected chi connectivity index (χ1v) is 13.5. The summed E-state index contributed by atoms with van der Waals surface area (Å²) in [5.74, 6) is -0.0743. The summed E-state index contributed by atoms with van der Waals surface area (Å²) in [6.45, 7) is 7.42. The monoisotopic (exact) mass is 490 g/mol. The van der Waals surface area contributed by atoms with Gasteiger partial charge in [0.1, 0.15) is 23.7 Å². The van der Waals surface area contributed by atoms with Crippen molar-refractivity contribution in [2.24, 2.45) is 11.7 Å². The zero-order valence-corrected chi connectivity index (χ0v) is 21.2. The molecular formula is C27H30N4OS2+2. The van der Waals surface area contributed by atoms with E-state index >= 15 is 0 Å². The predicted molar refractivity (Wildman–Crippen MR) is 142 cm³/mol. The standard InChI is InChI=1S/C27H29N4OS2/c1-3-30-20-10-5-7-12-22(20)33-24(30)16-18-26(29-15-9-14-28)19(27(18)32)17-25-31(4-2)21-11-6-8-13-23(21)34-25/h5-8,10-13,16-18H,3-4,9,14-15,28H2,1-2H3/q+1/p+1/b19-17+,24-16-,29-26?. The minimum atomic E-state index is -0.251. The highest BCUT2D eigenvalue weighted by atomic mass is 32.2. The fraction of sp³-hybridized carbons (Fsp3) is 0.296. The summed E-state index contributed by atoms with van der Waals surface area (Å²) in [6.07, 6.45) is 5.08. The van der Waals surface area contributed by atoms with E-state index in [1.807, 2.05) is 0 Å². The Morgan fingerprint density at radius 1 is 1.15 bits per heavy atom. The van der Waals surface area contributed by atoms with Crippen LogP contribution in [0.15, 0.2) is 70.1 Å². The molecule has 1 saturated carbocycles. The number of thioether (sulfide) groups is 1. The smallest absolute Gasteiger partial charge is 0.263 e. The van der Waals surface area contributed by atoms with Gasteiger partial charge in [-0.05, 0) is 44.7 Å². The van der Waals surface area contributed by atoms with Gasteiger partial charge < -0.3 is 10.6 Å². The van der Waals surface area contributed by atoms with Gasteiger partial charge in [-0.3, -0.25) is 4.79 Å². The van der Waals surface area contributed by atoms with E-state index in [4.69, 9.17) is 5.73 Å². The lowest BCUT2D eigenvalue weighted by atomic mass is 9.75. The third kappa shape index (κ3) is 4.02. The molecule has 1 atom stereocenters. The summed E-state index contributed by atoms with van der Waals surface area (Å²) in [7, 11) is 0. The fourth-order valence-corrected chi connectivity index (χ4v) is 6.98. The number of hydrogen-bond donors (Lipinski definition) is 2. The number of nitrogens with zero attached hydrogens (tertiary/aromatic N) is 2. The molecule has 5 rings (SSSR count). The largest absolute Gasteiger partial charge is 0.336 e. The molecule has 0 spiro atoms. The molecule has 7 heteroatoms. The lowest BCUT2D eigenvalue weighted by molar-refractivity contribution is -0.665. The first kappa shape index (κ1) is 23.0. The molecule has 0 bridgehead atoms. The topological polar surface area (TPSA) is 64.2 Å². The van der Waals surface area contributed by atoms with E-state index in [0.29, 0.717) is 6.54 Å². The van der Waals surface area contributed by atoms with E-state index in [-0.39, 0.29) is 11.7 Å². The molecule has 1 aromatic heterocycles. The van der Waals surface area contributed by atoms with Gasteiger partial charge in [0, 0.05) is 30.0 Å². The maximum atomic E-state index is 13.4. The molecule has 0 radical (unpaired) electrons. The van der Waals surface area contributed by atoms with Crippen LogP contribution in [0.5, 0.6) is 0 Å². The van der Waals surface area contributed by atoms with E-state index in [1.165, 1.54) is 20.8 Å². The molecule has 1 aliphatic carbocycles. The van der Waals surface area contributed by atoms with E-state index in [0.717, 1.165) is 47.4 Å². The highest BCUT2D eigenvalue weighted by molar-refractivity contribution is 8.03. The first-order chi connectivity index (χ1) is 16.7. The van der Waals surface area contributed by atoms with Gasteiger partial charge in [-0.15, -0.1) is 0 Å². The Morgan fingerprint density at radius 3 is 2.74 bits per heavy atom. The zero-order chi connectivity index (χ0) is 23.7. The number of nitrogens with two attached hydrogens (primary N) is 1. The minimum absolute atomic E-state index is 0.176. The van der Waals surface area contributed by atoms with Crippen LogP contribution in [0, 0.1) is 5.92 Å². The van der Waals surface area contributed by atoms with E-state index in [1.54, 1.807) is 23.1 Å². The van der Waals surface area contributed by atoms with Crippen molar-refractivity contribution >= 4 is 56.6 Å². The number of aryl methyl sites for hydroxylation is 1. The van der Waals surface area contributed by atoms with Crippen LogP contribution in [0.4, 0.5) is 5.69 Å². The molecule has 0 saturated heterocycles. The Labute approximate surface area is 208 Å².